The Morgan fingerprint density at radius 3 is 0.717 bits per heavy atom. The number of nitrogens with zero attached hydrogens (tertiary/aromatic N) is 3. The number of rotatable bonds is 7. The van der Waals surface area contributed by atoms with Crippen LogP contribution in [0.2, 0.25) is 0 Å². The minimum Gasteiger partial charge on any atom is -0.208 e. The zero-order valence-electron chi connectivity index (χ0n) is 26.3. The second-order valence-electron chi connectivity index (χ2n) is 11.1. The summed E-state index contributed by atoms with van der Waals surface area (Å²) in [6.07, 6.45) is -19.7. The van der Waals surface area contributed by atoms with E-state index in [1.54, 1.807) is 9.97 Å². The van der Waals surface area contributed by atoms with Crippen LogP contribution in [0.1, 0.15) is 28.1 Å². The first kappa shape index (κ1) is 47.3. The molecule has 0 spiro atoms. The molecule has 0 aliphatic rings. The molecule has 0 aliphatic heterocycles. The molecule has 330 valence electrons. The Bertz CT molecular complexity index is 2240. The first-order chi connectivity index (χ1) is 26.7. The van der Waals surface area contributed by atoms with Crippen LogP contribution in [0.5, 0.6) is 0 Å². The van der Waals surface area contributed by atoms with Crippen LogP contribution < -0.4 is 0 Å². The third kappa shape index (κ3) is 6.80. The van der Waals surface area contributed by atoms with Gasteiger partial charge in [0.15, 0.2) is 81.5 Å². The topological polar surface area (TPSA) is 38.7 Å². The first-order valence-corrected chi connectivity index (χ1v) is 13.8. The number of hydrogen-bond donors (Lipinski definition) is 0. The highest BCUT2D eigenvalue weighted by Gasteiger charge is 2.83. The van der Waals surface area contributed by atoms with E-state index in [9.17, 15) is 110 Å². The lowest BCUT2D eigenvalue weighted by Gasteiger charge is -2.36. The predicted octanol–water partition coefficient (Wildman–Crippen LogP) is 12.1. The van der Waals surface area contributed by atoms with Crippen molar-refractivity contribution in [1.82, 2.24) is 15.0 Å². The molecule has 0 fully saturated rings. The van der Waals surface area contributed by atoms with Gasteiger partial charge < -0.3 is 0 Å². The van der Waals surface area contributed by atoms with E-state index in [4.69, 9.17) is 0 Å². The SMILES string of the molecule is Fc1c(F)c(C(F)(F)F)c(F)c(F)c1-c1nc(-c2c(F)c(F)c(C(F)(F)F)c(F)c2F)nc(C(F)(F)C(F)(F)C(F)(F)C(F)(F)c2c(F)c(F)c(C(F)(F)F)c(F)c2F)n1. The zero-order valence-corrected chi connectivity index (χ0v) is 26.3. The summed E-state index contributed by atoms with van der Waals surface area (Å²) < 4.78 is 411. The summed E-state index contributed by atoms with van der Waals surface area (Å²) in [6.45, 7) is 0. The molecule has 4 rings (SSSR count). The molecule has 4 aromatic rings. The molecule has 0 atom stereocenters. The van der Waals surface area contributed by atoms with Gasteiger partial charge in [0.25, 0.3) is 0 Å². The lowest BCUT2D eigenvalue weighted by molar-refractivity contribution is -0.377. The van der Waals surface area contributed by atoms with Gasteiger partial charge in [-0.1, -0.05) is 0 Å². The van der Waals surface area contributed by atoms with Gasteiger partial charge >= 0.3 is 42.2 Å². The maximum atomic E-state index is 15.4. The minimum atomic E-state index is -8.52. The van der Waals surface area contributed by atoms with Crippen molar-refractivity contribution >= 4 is 0 Å². The monoisotopic (exact) mass is 929 g/mol. The van der Waals surface area contributed by atoms with E-state index in [1.807, 2.05) is 0 Å². The van der Waals surface area contributed by atoms with E-state index in [0.29, 0.717) is 0 Å². The maximum absolute atomic E-state index is 15.4. The van der Waals surface area contributed by atoms with Crippen molar-refractivity contribution in [2.75, 3.05) is 0 Å². The summed E-state index contributed by atoms with van der Waals surface area (Å²) >= 11 is 0. The van der Waals surface area contributed by atoms with Crippen molar-refractivity contribution in [3.05, 3.63) is 97.9 Å². The number of hydrogen-bond acceptors (Lipinski definition) is 3. The van der Waals surface area contributed by atoms with Crippen molar-refractivity contribution in [1.29, 1.82) is 0 Å². The molecule has 60 heavy (non-hydrogen) atoms. The highest BCUT2D eigenvalue weighted by molar-refractivity contribution is 5.65. The van der Waals surface area contributed by atoms with Crippen LogP contribution in [-0.2, 0) is 30.4 Å². The molecule has 3 nitrogen and oxygen atoms in total. The highest BCUT2D eigenvalue weighted by Crippen LogP contribution is 2.60. The van der Waals surface area contributed by atoms with Crippen LogP contribution in [0, 0.1) is 69.8 Å². The Balaban J connectivity index is 2.17. The standard InChI is InChI=1S/C28F29N3/c29-7-1(8(30)14(36)4(13(7)35)24(45,46)47)19-58-20(2-9(31)15(37)5(25(48,49)50)16(38)10(2)32)60-21(59-19)23(43,44)28(56,57)27(54,55)22(41,42)3-11(33)17(39)6(26(51,52)53)18(40)12(3)34. The van der Waals surface area contributed by atoms with E-state index in [-0.39, 0.29) is 0 Å². The van der Waals surface area contributed by atoms with Crippen LogP contribution in [-0.4, -0.2) is 26.8 Å². The van der Waals surface area contributed by atoms with Crippen LogP contribution in [0.25, 0.3) is 22.8 Å². The number of halogens is 29. The molecule has 0 amide bonds. The summed E-state index contributed by atoms with van der Waals surface area (Å²) in [7, 11) is 0. The quantitative estimate of drug-likeness (QED) is 0.137. The molecular formula is C28F29N3. The van der Waals surface area contributed by atoms with Crippen molar-refractivity contribution in [3.8, 4) is 22.8 Å². The minimum absolute atomic E-state index is 1.76. The van der Waals surface area contributed by atoms with Crippen molar-refractivity contribution < 1.29 is 127 Å². The largest absolute Gasteiger partial charge is 0.422 e. The fourth-order valence-electron chi connectivity index (χ4n) is 4.74. The number of benzene rings is 3. The van der Waals surface area contributed by atoms with Gasteiger partial charge in [-0.05, 0) is 0 Å². The van der Waals surface area contributed by atoms with Crippen molar-refractivity contribution in [3.63, 3.8) is 0 Å². The van der Waals surface area contributed by atoms with Gasteiger partial charge in [0.1, 0.15) is 22.3 Å². The molecule has 0 bridgehead atoms. The normalized spacial score (nSPS) is 13.8. The molecule has 0 saturated carbocycles. The molecule has 1 aromatic heterocycles. The smallest absolute Gasteiger partial charge is 0.208 e. The summed E-state index contributed by atoms with van der Waals surface area (Å²) in [5.41, 5.74) is -22.1. The Morgan fingerprint density at radius 1 is 0.250 bits per heavy atom. The number of aromatic nitrogens is 3. The summed E-state index contributed by atoms with van der Waals surface area (Å²) in [4.78, 5) is 5.72. The lowest BCUT2D eigenvalue weighted by atomic mass is 9.91. The average Bonchev–Trinajstić information content (AvgIpc) is 3.07. The molecule has 0 N–H and O–H groups in total. The van der Waals surface area contributed by atoms with Gasteiger partial charge in [0.05, 0.1) is 11.1 Å². The Kier molecular flexibility index (Phi) is 11.1. The summed E-state index contributed by atoms with van der Waals surface area (Å²) in [5.74, 6) is -90.0. The predicted molar refractivity (Wildman–Crippen MR) is 129 cm³/mol. The van der Waals surface area contributed by atoms with E-state index < -0.39 is 163 Å². The van der Waals surface area contributed by atoms with Crippen LogP contribution in [0.4, 0.5) is 127 Å². The average molecular weight is 929 g/mol. The Morgan fingerprint density at radius 2 is 0.467 bits per heavy atom. The molecular weight excluding hydrogens is 929 g/mol. The van der Waals surface area contributed by atoms with Crippen LogP contribution in [0.15, 0.2) is 0 Å². The first-order valence-electron chi connectivity index (χ1n) is 13.8. The summed E-state index contributed by atoms with van der Waals surface area (Å²) in [5, 5.41) is 0. The van der Waals surface area contributed by atoms with Gasteiger partial charge in [-0.2, -0.15) is 74.6 Å². The highest BCUT2D eigenvalue weighted by atomic mass is 19.4. The van der Waals surface area contributed by atoms with Crippen LogP contribution >= 0.6 is 0 Å². The lowest BCUT2D eigenvalue weighted by Crippen LogP contribution is -2.60. The van der Waals surface area contributed by atoms with Gasteiger partial charge in [-0.15, -0.1) is 0 Å². The van der Waals surface area contributed by atoms with Crippen LogP contribution in [0.3, 0.4) is 0 Å². The van der Waals surface area contributed by atoms with Gasteiger partial charge in [0.2, 0.25) is 5.82 Å². The molecule has 32 heteroatoms. The molecule has 0 saturated heterocycles. The van der Waals surface area contributed by atoms with E-state index in [2.05, 4.69) is 4.98 Å². The van der Waals surface area contributed by atoms with E-state index in [0.717, 1.165) is 0 Å². The third-order valence-electron chi connectivity index (χ3n) is 7.50. The zero-order chi connectivity index (χ0) is 46.7. The fraction of sp³-hybridized carbons (Fsp3) is 0.250. The number of alkyl halides is 17. The third-order valence-corrected chi connectivity index (χ3v) is 7.50. The van der Waals surface area contributed by atoms with Gasteiger partial charge in [-0.3, -0.25) is 0 Å². The maximum Gasteiger partial charge on any atom is 0.422 e. The second-order valence-corrected chi connectivity index (χ2v) is 11.1. The van der Waals surface area contributed by atoms with Crippen molar-refractivity contribution in [2.24, 2.45) is 0 Å². The molecule has 3 aromatic carbocycles. The fourth-order valence-corrected chi connectivity index (χ4v) is 4.74. The Hall–Kier alpha value is -5.36. The second kappa shape index (κ2) is 14.1. The van der Waals surface area contributed by atoms with E-state index >= 15 is 17.6 Å². The van der Waals surface area contributed by atoms with E-state index in [1.165, 1.54) is 0 Å². The molecule has 0 unspecified atom stereocenters. The molecule has 0 aliphatic carbocycles. The van der Waals surface area contributed by atoms with Gasteiger partial charge in [-0.25, -0.2) is 67.6 Å². The Labute approximate surface area is 306 Å². The summed E-state index contributed by atoms with van der Waals surface area (Å²) in [6, 6.07) is 0. The van der Waals surface area contributed by atoms with Crippen molar-refractivity contribution in [2.45, 2.75) is 42.2 Å². The molecule has 0 radical (unpaired) electrons. The van der Waals surface area contributed by atoms with Gasteiger partial charge in [0, 0.05) is 0 Å². The molecule has 1 heterocycles.